The number of rotatable bonds is 3. The van der Waals surface area contributed by atoms with E-state index >= 15 is 0 Å². The molecule has 3 heterocycles. The predicted molar refractivity (Wildman–Crippen MR) is 87.0 cm³/mol. The number of ether oxygens (including phenoxy) is 1. The van der Waals surface area contributed by atoms with Crippen molar-refractivity contribution in [2.24, 2.45) is 12.5 Å². The Balaban J connectivity index is 1.58. The summed E-state index contributed by atoms with van der Waals surface area (Å²) in [5, 5.41) is 12.7. The second-order valence-corrected chi connectivity index (χ2v) is 6.65. The largest absolute Gasteiger partial charge is 0.468 e. The number of carbonyl (C=O) groups is 2. The molecule has 0 spiro atoms. The Morgan fingerprint density at radius 1 is 1.28 bits per heavy atom. The smallest absolute Gasteiger partial charge is 0.321 e. The van der Waals surface area contributed by atoms with Crippen LogP contribution in [-0.2, 0) is 34.3 Å². The van der Waals surface area contributed by atoms with Gasteiger partial charge in [0.05, 0.1) is 24.7 Å². The lowest BCUT2D eigenvalue weighted by molar-refractivity contribution is -0.156. The average Bonchev–Trinajstić information content (AvgIpc) is 3.34. The van der Waals surface area contributed by atoms with Crippen LogP contribution in [0.1, 0.15) is 24.1 Å². The number of methoxy groups -OCH3 is 1. The number of fused-ring (bicyclic) bond motifs is 1. The number of nitrogens with zero attached hydrogens (tertiary/aromatic N) is 5. The molecule has 0 unspecified atom stereocenters. The van der Waals surface area contributed by atoms with Gasteiger partial charge < -0.3 is 9.64 Å². The van der Waals surface area contributed by atoms with E-state index < -0.39 is 11.4 Å². The number of hydrogen-bond donors (Lipinski definition) is 0. The highest BCUT2D eigenvalue weighted by Crippen LogP contribution is 2.48. The third kappa shape index (κ3) is 2.57. The molecule has 8 nitrogen and oxygen atoms in total. The molecule has 0 radical (unpaired) electrons. The van der Waals surface area contributed by atoms with E-state index in [4.69, 9.17) is 4.74 Å². The molecule has 1 amide bonds. The maximum atomic E-state index is 12.8. The van der Waals surface area contributed by atoms with Crippen molar-refractivity contribution in [3.63, 3.8) is 0 Å². The molecule has 8 heteroatoms. The van der Waals surface area contributed by atoms with Gasteiger partial charge in [0.1, 0.15) is 5.41 Å². The van der Waals surface area contributed by atoms with Gasteiger partial charge in [0.25, 0.3) is 0 Å². The van der Waals surface area contributed by atoms with Gasteiger partial charge in [-0.15, -0.1) is 0 Å². The number of amides is 1. The molecule has 2 aromatic rings. The minimum absolute atomic E-state index is 0.134. The van der Waals surface area contributed by atoms with E-state index in [2.05, 4.69) is 15.3 Å². The van der Waals surface area contributed by atoms with E-state index in [1.807, 2.05) is 19.3 Å². The maximum Gasteiger partial charge on any atom is 0.321 e. The standard InChI is InChI=1S/C17H19N5O3/c1-21-9-12(8-18-21)14-7-11-10-22(6-3-13(11)19-20-14)15(23)17(4-5-17)16(24)25-2/h7-9H,3-6,10H2,1-2H3. The highest BCUT2D eigenvalue weighted by atomic mass is 16.5. The molecular weight excluding hydrogens is 322 g/mol. The number of carbonyl (C=O) groups excluding carboxylic acids is 2. The molecule has 2 aromatic heterocycles. The Bertz CT molecular complexity index is 856. The first kappa shape index (κ1) is 15.7. The average molecular weight is 341 g/mol. The molecule has 1 aliphatic heterocycles. The van der Waals surface area contributed by atoms with Crippen molar-refractivity contribution in [2.75, 3.05) is 13.7 Å². The summed E-state index contributed by atoms with van der Waals surface area (Å²) in [6, 6.07) is 1.95. The van der Waals surface area contributed by atoms with E-state index in [1.54, 1.807) is 15.8 Å². The predicted octanol–water partition coefficient (Wildman–Crippen LogP) is 0.715. The third-order valence-electron chi connectivity index (χ3n) is 4.96. The fraction of sp³-hybridized carbons (Fsp3) is 0.471. The zero-order valence-corrected chi connectivity index (χ0v) is 14.2. The number of hydrogen-bond acceptors (Lipinski definition) is 6. The van der Waals surface area contributed by atoms with Crippen LogP contribution in [0.4, 0.5) is 0 Å². The fourth-order valence-electron chi connectivity index (χ4n) is 3.32. The van der Waals surface area contributed by atoms with E-state index in [9.17, 15) is 9.59 Å². The van der Waals surface area contributed by atoms with Gasteiger partial charge in [-0.3, -0.25) is 14.3 Å². The maximum absolute atomic E-state index is 12.8. The molecule has 4 rings (SSSR count). The van der Waals surface area contributed by atoms with Crippen molar-refractivity contribution < 1.29 is 14.3 Å². The monoisotopic (exact) mass is 341 g/mol. The molecule has 1 saturated carbocycles. The lowest BCUT2D eigenvalue weighted by Crippen LogP contribution is -2.44. The van der Waals surface area contributed by atoms with Crippen molar-refractivity contribution in [3.8, 4) is 11.3 Å². The zero-order chi connectivity index (χ0) is 17.6. The summed E-state index contributed by atoms with van der Waals surface area (Å²) >= 11 is 0. The summed E-state index contributed by atoms with van der Waals surface area (Å²) in [5.41, 5.74) is 2.53. The molecule has 0 aromatic carbocycles. The molecule has 2 aliphatic rings. The van der Waals surface area contributed by atoms with Gasteiger partial charge in [0.2, 0.25) is 5.91 Å². The first-order valence-corrected chi connectivity index (χ1v) is 8.26. The third-order valence-corrected chi connectivity index (χ3v) is 4.96. The van der Waals surface area contributed by atoms with Crippen molar-refractivity contribution in [2.45, 2.75) is 25.8 Å². The van der Waals surface area contributed by atoms with Crippen LogP contribution in [0.5, 0.6) is 0 Å². The molecule has 0 atom stereocenters. The van der Waals surface area contributed by atoms with Gasteiger partial charge in [-0.1, -0.05) is 0 Å². The van der Waals surface area contributed by atoms with Gasteiger partial charge in [0.15, 0.2) is 0 Å². The Hall–Kier alpha value is -2.77. The summed E-state index contributed by atoms with van der Waals surface area (Å²) in [5.74, 6) is -0.558. The second-order valence-electron chi connectivity index (χ2n) is 6.65. The molecule has 1 fully saturated rings. The lowest BCUT2D eigenvalue weighted by atomic mass is 10.0. The minimum Gasteiger partial charge on any atom is -0.468 e. The Kier molecular flexibility index (Phi) is 3.55. The molecule has 25 heavy (non-hydrogen) atoms. The lowest BCUT2D eigenvalue weighted by Gasteiger charge is -2.30. The van der Waals surface area contributed by atoms with Crippen LogP contribution >= 0.6 is 0 Å². The number of aryl methyl sites for hydroxylation is 1. The topological polar surface area (TPSA) is 90.2 Å². The van der Waals surface area contributed by atoms with Gasteiger partial charge in [-0.05, 0) is 24.5 Å². The summed E-state index contributed by atoms with van der Waals surface area (Å²) in [4.78, 5) is 26.5. The molecule has 0 bridgehead atoms. The van der Waals surface area contributed by atoms with Crippen LogP contribution in [-0.4, -0.2) is 50.4 Å². The summed E-state index contributed by atoms with van der Waals surface area (Å²) in [6.45, 7) is 0.987. The highest BCUT2D eigenvalue weighted by Gasteiger charge is 2.59. The molecular formula is C17H19N5O3. The van der Waals surface area contributed by atoms with Crippen molar-refractivity contribution >= 4 is 11.9 Å². The fourth-order valence-corrected chi connectivity index (χ4v) is 3.32. The normalized spacial score (nSPS) is 17.8. The van der Waals surface area contributed by atoms with Gasteiger partial charge in [-0.25, -0.2) is 0 Å². The van der Waals surface area contributed by atoms with E-state index in [-0.39, 0.29) is 5.91 Å². The number of aromatic nitrogens is 4. The zero-order valence-electron chi connectivity index (χ0n) is 14.2. The highest BCUT2D eigenvalue weighted by molar-refractivity contribution is 6.05. The first-order chi connectivity index (χ1) is 12.0. The minimum atomic E-state index is -0.959. The summed E-state index contributed by atoms with van der Waals surface area (Å²) in [6.07, 6.45) is 5.38. The molecule has 1 aliphatic carbocycles. The quantitative estimate of drug-likeness (QED) is 0.603. The van der Waals surface area contributed by atoms with Gasteiger partial charge in [-0.2, -0.15) is 15.3 Å². The van der Waals surface area contributed by atoms with Crippen molar-refractivity contribution in [1.29, 1.82) is 0 Å². The van der Waals surface area contributed by atoms with E-state index in [1.165, 1.54) is 7.11 Å². The SMILES string of the molecule is COC(=O)C1(C(=O)N2CCc3nnc(-c4cnn(C)c4)cc3C2)CC1. The summed E-state index contributed by atoms with van der Waals surface area (Å²) < 4.78 is 6.53. The first-order valence-electron chi connectivity index (χ1n) is 8.26. The van der Waals surface area contributed by atoms with Crippen molar-refractivity contribution in [3.05, 3.63) is 29.7 Å². The Morgan fingerprint density at radius 2 is 2.08 bits per heavy atom. The van der Waals surface area contributed by atoms with Crippen LogP contribution in [0.15, 0.2) is 18.5 Å². The number of esters is 1. The molecule has 0 N–H and O–H groups in total. The van der Waals surface area contributed by atoms with E-state index in [0.29, 0.717) is 32.4 Å². The van der Waals surface area contributed by atoms with Crippen LogP contribution in [0.25, 0.3) is 11.3 Å². The molecule has 0 saturated heterocycles. The van der Waals surface area contributed by atoms with Crippen LogP contribution in [0, 0.1) is 5.41 Å². The van der Waals surface area contributed by atoms with Crippen molar-refractivity contribution in [1.82, 2.24) is 24.9 Å². The molecule has 130 valence electrons. The van der Waals surface area contributed by atoms with Crippen LogP contribution in [0.3, 0.4) is 0 Å². The Morgan fingerprint density at radius 3 is 2.72 bits per heavy atom. The van der Waals surface area contributed by atoms with Gasteiger partial charge in [0, 0.05) is 38.3 Å². The van der Waals surface area contributed by atoms with Crippen LogP contribution in [0.2, 0.25) is 0 Å². The Labute approximate surface area is 144 Å². The summed E-state index contributed by atoms with van der Waals surface area (Å²) in [7, 11) is 3.18. The van der Waals surface area contributed by atoms with E-state index in [0.717, 1.165) is 22.5 Å². The van der Waals surface area contributed by atoms with Crippen LogP contribution < -0.4 is 0 Å². The van der Waals surface area contributed by atoms with Gasteiger partial charge >= 0.3 is 5.97 Å². The second kappa shape index (κ2) is 5.65.